The summed E-state index contributed by atoms with van der Waals surface area (Å²) in [6.45, 7) is 7.88. The number of benzene rings is 1. The molecule has 0 aliphatic carbocycles. The number of hydrogen-bond donors (Lipinski definition) is 1. The summed E-state index contributed by atoms with van der Waals surface area (Å²) in [5.74, 6) is 0.628. The van der Waals surface area contributed by atoms with Crippen molar-refractivity contribution >= 4 is 5.69 Å². The van der Waals surface area contributed by atoms with Crippen LogP contribution in [0.2, 0.25) is 0 Å². The van der Waals surface area contributed by atoms with E-state index in [1.807, 2.05) is 0 Å². The van der Waals surface area contributed by atoms with Gasteiger partial charge in [0.1, 0.15) is 12.4 Å². The van der Waals surface area contributed by atoms with E-state index in [2.05, 4.69) is 6.58 Å². The Morgan fingerprint density at radius 1 is 1.47 bits per heavy atom. The van der Waals surface area contributed by atoms with Gasteiger partial charge < -0.3 is 10.5 Å². The third kappa shape index (κ3) is 3.29. The van der Waals surface area contributed by atoms with Gasteiger partial charge in [0.2, 0.25) is 0 Å². The molecule has 0 bridgehead atoms. The molecule has 1 rings (SSSR count). The highest BCUT2D eigenvalue weighted by atomic mass is 16.6. The van der Waals surface area contributed by atoms with Crippen LogP contribution >= 0.6 is 0 Å². The van der Waals surface area contributed by atoms with Crippen molar-refractivity contribution in [2.24, 2.45) is 5.73 Å². The first-order chi connectivity index (χ1) is 7.95. The second-order valence-electron chi connectivity index (χ2n) is 3.90. The molecule has 17 heavy (non-hydrogen) atoms. The molecule has 5 heteroatoms. The Labute approximate surface area is 100 Å². The minimum absolute atomic E-state index is 0.104. The summed E-state index contributed by atoms with van der Waals surface area (Å²) in [4.78, 5) is 10.3. The molecule has 0 atom stereocenters. The van der Waals surface area contributed by atoms with Crippen LogP contribution < -0.4 is 10.5 Å². The lowest BCUT2D eigenvalue weighted by molar-refractivity contribution is -0.385. The Hall–Kier alpha value is -1.88. The largest absolute Gasteiger partial charge is 0.489 e. The van der Waals surface area contributed by atoms with E-state index in [-0.39, 0.29) is 5.69 Å². The third-order valence-corrected chi connectivity index (χ3v) is 2.41. The van der Waals surface area contributed by atoms with Gasteiger partial charge in [-0.1, -0.05) is 6.58 Å². The van der Waals surface area contributed by atoms with E-state index in [4.69, 9.17) is 10.5 Å². The Morgan fingerprint density at radius 3 is 2.65 bits per heavy atom. The number of aryl methyl sites for hydroxylation is 2. The molecular formula is C12H16N2O3. The molecule has 0 aromatic heterocycles. The second kappa shape index (κ2) is 5.45. The first-order valence-corrected chi connectivity index (χ1v) is 5.21. The van der Waals surface area contributed by atoms with E-state index in [0.717, 1.165) is 11.1 Å². The molecule has 0 saturated heterocycles. The van der Waals surface area contributed by atoms with Crippen LogP contribution in [0.3, 0.4) is 0 Å². The molecular weight excluding hydrogens is 220 g/mol. The van der Waals surface area contributed by atoms with Gasteiger partial charge in [0.15, 0.2) is 0 Å². The van der Waals surface area contributed by atoms with Crippen molar-refractivity contribution in [3.05, 3.63) is 45.5 Å². The van der Waals surface area contributed by atoms with Gasteiger partial charge in [-0.05, 0) is 31.1 Å². The van der Waals surface area contributed by atoms with Crippen molar-refractivity contribution in [2.75, 3.05) is 13.2 Å². The van der Waals surface area contributed by atoms with Crippen molar-refractivity contribution in [3.8, 4) is 5.75 Å². The van der Waals surface area contributed by atoms with Crippen LogP contribution in [0.15, 0.2) is 24.3 Å². The standard InChI is InChI=1S/C12H16N2O3/c1-8(6-13)7-17-12-5-9(2)11(14(15)16)4-10(12)3/h4-5H,1,6-7,13H2,2-3H3. The zero-order chi connectivity index (χ0) is 13.0. The summed E-state index contributed by atoms with van der Waals surface area (Å²) < 4.78 is 5.50. The van der Waals surface area contributed by atoms with Gasteiger partial charge in [-0.3, -0.25) is 10.1 Å². The number of hydrogen-bond acceptors (Lipinski definition) is 4. The maximum Gasteiger partial charge on any atom is 0.272 e. The van der Waals surface area contributed by atoms with E-state index < -0.39 is 4.92 Å². The third-order valence-electron chi connectivity index (χ3n) is 2.41. The fraction of sp³-hybridized carbons (Fsp3) is 0.333. The predicted molar refractivity (Wildman–Crippen MR) is 66.3 cm³/mol. The summed E-state index contributed by atoms with van der Waals surface area (Å²) in [5, 5.41) is 10.7. The van der Waals surface area contributed by atoms with E-state index in [0.29, 0.717) is 24.5 Å². The molecule has 0 aliphatic rings. The van der Waals surface area contributed by atoms with Crippen LogP contribution in [0, 0.1) is 24.0 Å². The van der Waals surface area contributed by atoms with E-state index in [1.54, 1.807) is 19.9 Å². The van der Waals surface area contributed by atoms with E-state index in [1.165, 1.54) is 6.07 Å². The summed E-state index contributed by atoms with van der Waals surface area (Å²) in [6, 6.07) is 3.17. The average molecular weight is 236 g/mol. The van der Waals surface area contributed by atoms with Crippen molar-refractivity contribution in [1.29, 1.82) is 0 Å². The lowest BCUT2D eigenvalue weighted by atomic mass is 10.1. The molecule has 0 radical (unpaired) electrons. The first-order valence-electron chi connectivity index (χ1n) is 5.21. The van der Waals surface area contributed by atoms with Gasteiger partial charge in [-0.25, -0.2) is 0 Å². The van der Waals surface area contributed by atoms with Crippen LogP contribution in [0.4, 0.5) is 5.69 Å². The van der Waals surface area contributed by atoms with E-state index in [9.17, 15) is 10.1 Å². The molecule has 5 nitrogen and oxygen atoms in total. The van der Waals surface area contributed by atoms with Crippen LogP contribution in [0.1, 0.15) is 11.1 Å². The highest BCUT2D eigenvalue weighted by Crippen LogP contribution is 2.27. The smallest absolute Gasteiger partial charge is 0.272 e. The predicted octanol–water partition coefficient (Wildman–Crippen LogP) is 2.11. The highest BCUT2D eigenvalue weighted by Gasteiger charge is 2.13. The minimum Gasteiger partial charge on any atom is -0.489 e. The Kier molecular flexibility index (Phi) is 4.23. The number of nitro groups is 1. The maximum atomic E-state index is 10.7. The van der Waals surface area contributed by atoms with Gasteiger partial charge >= 0.3 is 0 Å². The monoisotopic (exact) mass is 236 g/mol. The number of rotatable bonds is 5. The summed E-state index contributed by atoms with van der Waals surface area (Å²) in [5.41, 5.74) is 7.59. The van der Waals surface area contributed by atoms with Gasteiger partial charge in [-0.15, -0.1) is 0 Å². The van der Waals surface area contributed by atoms with Crippen LogP contribution in [-0.2, 0) is 0 Å². The molecule has 0 saturated carbocycles. The molecule has 1 aromatic carbocycles. The van der Waals surface area contributed by atoms with Crippen molar-refractivity contribution in [2.45, 2.75) is 13.8 Å². The Bertz CT molecular complexity index is 455. The second-order valence-corrected chi connectivity index (χ2v) is 3.90. The van der Waals surface area contributed by atoms with Crippen LogP contribution in [-0.4, -0.2) is 18.1 Å². The molecule has 1 aromatic rings. The Balaban J connectivity index is 2.92. The lowest BCUT2D eigenvalue weighted by Crippen LogP contribution is -2.10. The summed E-state index contributed by atoms with van der Waals surface area (Å²) in [7, 11) is 0. The molecule has 0 amide bonds. The molecule has 0 heterocycles. The van der Waals surface area contributed by atoms with Crippen LogP contribution in [0.25, 0.3) is 0 Å². The normalized spacial score (nSPS) is 10.1. The number of ether oxygens (including phenoxy) is 1. The maximum absolute atomic E-state index is 10.7. The zero-order valence-electron chi connectivity index (χ0n) is 10.0. The van der Waals surface area contributed by atoms with Crippen molar-refractivity contribution in [3.63, 3.8) is 0 Å². The Morgan fingerprint density at radius 2 is 2.12 bits per heavy atom. The van der Waals surface area contributed by atoms with Crippen molar-refractivity contribution in [1.82, 2.24) is 0 Å². The SMILES string of the molecule is C=C(CN)COc1cc(C)c([N+](=O)[O-])cc1C. The molecule has 0 unspecified atom stereocenters. The van der Waals surface area contributed by atoms with E-state index >= 15 is 0 Å². The molecule has 92 valence electrons. The van der Waals surface area contributed by atoms with Gasteiger partial charge in [0.25, 0.3) is 5.69 Å². The van der Waals surface area contributed by atoms with Gasteiger partial charge in [0, 0.05) is 18.2 Å². The molecule has 2 N–H and O–H groups in total. The number of nitro benzene ring substituents is 1. The molecule has 0 aliphatic heterocycles. The van der Waals surface area contributed by atoms with Crippen molar-refractivity contribution < 1.29 is 9.66 Å². The molecule has 0 spiro atoms. The highest BCUT2D eigenvalue weighted by molar-refractivity contribution is 5.49. The zero-order valence-corrected chi connectivity index (χ0v) is 10.0. The summed E-state index contributed by atoms with van der Waals surface area (Å²) >= 11 is 0. The van der Waals surface area contributed by atoms with Crippen LogP contribution in [0.5, 0.6) is 5.75 Å². The number of nitrogens with zero attached hydrogens (tertiary/aromatic N) is 1. The first kappa shape index (κ1) is 13.2. The fourth-order valence-electron chi connectivity index (χ4n) is 1.37. The van der Waals surface area contributed by atoms with Gasteiger partial charge in [-0.2, -0.15) is 0 Å². The topological polar surface area (TPSA) is 78.4 Å². The molecule has 0 fully saturated rings. The lowest BCUT2D eigenvalue weighted by Gasteiger charge is -2.10. The minimum atomic E-state index is -0.398. The van der Waals surface area contributed by atoms with Gasteiger partial charge in [0.05, 0.1) is 4.92 Å². The fourth-order valence-corrected chi connectivity index (χ4v) is 1.37. The quantitative estimate of drug-likeness (QED) is 0.482. The number of nitrogens with two attached hydrogens (primary N) is 1. The summed E-state index contributed by atoms with van der Waals surface area (Å²) in [6.07, 6.45) is 0. The average Bonchev–Trinajstić information content (AvgIpc) is 2.28.